The highest BCUT2D eigenvalue weighted by Gasteiger charge is 2.39. The van der Waals surface area contributed by atoms with Crippen molar-refractivity contribution >= 4 is 27.7 Å². The number of hydrogen-bond acceptors (Lipinski definition) is 2. The fourth-order valence-corrected chi connectivity index (χ4v) is 5.31. The topological polar surface area (TPSA) is 17.8 Å². The number of thioether (sulfide) groups is 1. The van der Waals surface area contributed by atoms with Crippen LogP contribution in [0.1, 0.15) is 16.7 Å². The van der Waals surface area contributed by atoms with E-state index in [0.29, 0.717) is 0 Å². The first-order valence-corrected chi connectivity index (χ1v) is 12.8. The molecule has 1 aromatic heterocycles. The van der Waals surface area contributed by atoms with Crippen molar-refractivity contribution in [3.05, 3.63) is 143 Å². The molecule has 0 spiro atoms. The summed E-state index contributed by atoms with van der Waals surface area (Å²) < 4.78 is 3.07. The van der Waals surface area contributed by atoms with E-state index in [9.17, 15) is 0 Å². The lowest BCUT2D eigenvalue weighted by Gasteiger charge is -2.36. The monoisotopic (exact) mass is 510 g/mol. The molecule has 1 heterocycles. The number of hydrogen-bond donors (Lipinski definition) is 0. The van der Waals surface area contributed by atoms with Crippen LogP contribution in [0, 0.1) is 0 Å². The third-order valence-electron chi connectivity index (χ3n) is 5.95. The van der Waals surface area contributed by atoms with Crippen LogP contribution in [0.2, 0.25) is 0 Å². The van der Waals surface area contributed by atoms with E-state index in [0.717, 1.165) is 32.4 Å². The molecule has 0 bridgehead atoms. The summed E-state index contributed by atoms with van der Waals surface area (Å²) in [5, 5.41) is 5.20. The Balaban J connectivity index is 1.80. The molecule has 0 aliphatic carbocycles. The maximum absolute atomic E-state index is 5.20. The van der Waals surface area contributed by atoms with Crippen molar-refractivity contribution in [1.82, 2.24) is 9.78 Å². The molecule has 0 N–H and O–H groups in total. The molecule has 0 saturated carbocycles. The van der Waals surface area contributed by atoms with Gasteiger partial charge >= 0.3 is 0 Å². The molecule has 5 rings (SSSR count). The zero-order valence-electron chi connectivity index (χ0n) is 18.2. The van der Waals surface area contributed by atoms with Crippen LogP contribution in [0.15, 0.2) is 131 Å². The molecule has 0 amide bonds. The van der Waals surface area contributed by atoms with Gasteiger partial charge in [-0.3, -0.25) is 4.68 Å². The summed E-state index contributed by atoms with van der Waals surface area (Å²) in [6.45, 7) is 0. The van der Waals surface area contributed by atoms with Crippen molar-refractivity contribution in [2.75, 3.05) is 6.26 Å². The Kier molecular flexibility index (Phi) is 6.21. The summed E-state index contributed by atoms with van der Waals surface area (Å²) in [6, 6.07) is 40.4. The average Bonchev–Trinajstić information content (AvgIpc) is 3.28. The van der Waals surface area contributed by atoms with E-state index >= 15 is 0 Å². The molecule has 4 heteroatoms. The normalized spacial score (nSPS) is 11.5. The van der Waals surface area contributed by atoms with Crippen LogP contribution in [-0.4, -0.2) is 16.0 Å². The molecule has 162 valence electrons. The van der Waals surface area contributed by atoms with E-state index < -0.39 is 5.54 Å². The van der Waals surface area contributed by atoms with Crippen LogP contribution >= 0.6 is 27.7 Å². The standard InChI is InChI=1S/C29H23BrN2S/c1-33-26-19-17-22(18-20-26)28-27(30)21-32(31-28)29(23-11-5-2-6-12-23,24-13-7-3-8-14-24)25-15-9-4-10-16-25/h2-21H,1H3. The number of halogens is 1. The fourth-order valence-electron chi connectivity index (χ4n) is 4.40. The van der Waals surface area contributed by atoms with E-state index in [2.05, 4.69) is 148 Å². The van der Waals surface area contributed by atoms with Crippen LogP contribution in [0.3, 0.4) is 0 Å². The Bertz CT molecular complexity index is 1230. The maximum atomic E-state index is 5.20. The van der Waals surface area contributed by atoms with Gasteiger partial charge in [0.15, 0.2) is 0 Å². The maximum Gasteiger partial charge on any atom is 0.138 e. The van der Waals surface area contributed by atoms with Crippen molar-refractivity contribution in [1.29, 1.82) is 0 Å². The lowest BCUT2D eigenvalue weighted by Crippen LogP contribution is -2.38. The molecule has 0 saturated heterocycles. The molecule has 5 aromatic rings. The lowest BCUT2D eigenvalue weighted by atomic mass is 9.77. The first-order valence-electron chi connectivity index (χ1n) is 10.8. The summed E-state index contributed by atoms with van der Waals surface area (Å²) >= 11 is 5.55. The SMILES string of the molecule is CSc1ccc(-c2nn(C(c3ccccc3)(c3ccccc3)c3ccccc3)cc2Br)cc1. The predicted molar refractivity (Wildman–Crippen MR) is 142 cm³/mol. The second-order valence-corrected chi connectivity index (χ2v) is 9.54. The van der Waals surface area contributed by atoms with Gasteiger partial charge in [-0.05, 0) is 51.0 Å². The van der Waals surface area contributed by atoms with E-state index in [4.69, 9.17) is 5.10 Å². The molecule has 0 atom stereocenters. The van der Waals surface area contributed by atoms with Gasteiger partial charge in [0.2, 0.25) is 0 Å². The Morgan fingerprint density at radius 1 is 0.667 bits per heavy atom. The molecule has 2 nitrogen and oxygen atoms in total. The van der Waals surface area contributed by atoms with Crippen LogP contribution in [0.5, 0.6) is 0 Å². The smallest absolute Gasteiger partial charge is 0.138 e. The van der Waals surface area contributed by atoms with Crippen LogP contribution in [0.25, 0.3) is 11.3 Å². The third-order valence-corrected chi connectivity index (χ3v) is 7.28. The highest BCUT2D eigenvalue weighted by atomic mass is 79.9. The molecule has 0 aliphatic heterocycles. The fraction of sp³-hybridized carbons (Fsp3) is 0.0690. The van der Waals surface area contributed by atoms with Crippen LogP contribution < -0.4 is 0 Å². The molecule has 0 fully saturated rings. The van der Waals surface area contributed by atoms with E-state index in [-0.39, 0.29) is 0 Å². The third kappa shape index (κ3) is 3.94. The van der Waals surface area contributed by atoms with E-state index in [1.54, 1.807) is 11.8 Å². The summed E-state index contributed by atoms with van der Waals surface area (Å²) in [4.78, 5) is 1.24. The van der Waals surface area contributed by atoms with Crippen LogP contribution in [0.4, 0.5) is 0 Å². The van der Waals surface area contributed by atoms with E-state index in [1.807, 2.05) is 0 Å². The number of aromatic nitrogens is 2. The minimum absolute atomic E-state index is 0.621. The van der Waals surface area contributed by atoms with Gasteiger partial charge in [-0.15, -0.1) is 11.8 Å². The summed E-state index contributed by atoms with van der Waals surface area (Å²) in [6.07, 6.45) is 4.19. The summed E-state index contributed by atoms with van der Waals surface area (Å²) in [5.41, 5.74) is 4.85. The van der Waals surface area contributed by atoms with Crippen molar-refractivity contribution in [3.8, 4) is 11.3 Å². The molecular formula is C29H23BrN2S. The quantitative estimate of drug-likeness (QED) is 0.171. The van der Waals surface area contributed by atoms with Gasteiger partial charge in [-0.1, -0.05) is 103 Å². The van der Waals surface area contributed by atoms with Gasteiger partial charge in [-0.2, -0.15) is 5.10 Å². The molecule has 33 heavy (non-hydrogen) atoms. The Hall–Kier alpha value is -3.08. The molecule has 0 aliphatic rings. The van der Waals surface area contributed by atoms with Gasteiger partial charge in [0.25, 0.3) is 0 Å². The Morgan fingerprint density at radius 3 is 1.55 bits per heavy atom. The summed E-state index contributed by atoms with van der Waals surface area (Å²) in [5.74, 6) is 0. The van der Waals surface area contributed by atoms with Gasteiger partial charge in [0.1, 0.15) is 11.2 Å². The molecular weight excluding hydrogens is 488 g/mol. The van der Waals surface area contributed by atoms with Crippen molar-refractivity contribution < 1.29 is 0 Å². The zero-order chi connectivity index (χ0) is 22.7. The van der Waals surface area contributed by atoms with Crippen LogP contribution in [-0.2, 0) is 5.54 Å². The number of benzene rings is 4. The number of nitrogens with zero attached hydrogens (tertiary/aromatic N) is 2. The summed E-state index contributed by atoms with van der Waals surface area (Å²) in [7, 11) is 0. The van der Waals surface area contributed by atoms with Gasteiger partial charge < -0.3 is 0 Å². The van der Waals surface area contributed by atoms with Gasteiger partial charge in [-0.25, -0.2) is 0 Å². The van der Waals surface area contributed by atoms with Gasteiger partial charge in [0.05, 0.1) is 4.47 Å². The second-order valence-electron chi connectivity index (χ2n) is 7.81. The highest BCUT2D eigenvalue weighted by molar-refractivity contribution is 9.10. The predicted octanol–water partition coefficient (Wildman–Crippen LogP) is 7.87. The van der Waals surface area contributed by atoms with E-state index in [1.165, 1.54) is 4.90 Å². The van der Waals surface area contributed by atoms with Crippen molar-refractivity contribution in [2.24, 2.45) is 0 Å². The number of rotatable bonds is 6. The molecule has 0 unspecified atom stereocenters. The lowest BCUT2D eigenvalue weighted by molar-refractivity contribution is 0.461. The zero-order valence-corrected chi connectivity index (χ0v) is 20.6. The van der Waals surface area contributed by atoms with Crippen molar-refractivity contribution in [3.63, 3.8) is 0 Å². The Morgan fingerprint density at radius 2 is 1.12 bits per heavy atom. The van der Waals surface area contributed by atoms with Gasteiger partial charge in [0, 0.05) is 16.7 Å². The first kappa shape index (κ1) is 21.7. The first-order chi connectivity index (χ1) is 16.2. The Labute approximate surface area is 207 Å². The molecule has 4 aromatic carbocycles. The largest absolute Gasteiger partial charge is 0.251 e. The second kappa shape index (κ2) is 9.42. The minimum Gasteiger partial charge on any atom is -0.251 e. The van der Waals surface area contributed by atoms with Crippen molar-refractivity contribution in [2.45, 2.75) is 10.4 Å². The minimum atomic E-state index is -0.621. The molecule has 0 radical (unpaired) electrons. The highest BCUT2D eigenvalue weighted by Crippen LogP contribution is 2.42. The average molecular weight is 511 g/mol.